The van der Waals surface area contributed by atoms with Crippen molar-refractivity contribution in [3.05, 3.63) is 34.1 Å². The lowest BCUT2D eigenvalue weighted by Crippen LogP contribution is -2.33. The monoisotopic (exact) mass is 287 g/mol. The van der Waals surface area contributed by atoms with Gasteiger partial charge in [-0.1, -0.05) is 36.2 Å². The van der Waals surface area contributed by atoms with Crippen LogP contribution < -0.4 is 5.32 Å². The smallest absolute Gasteiger partial charge is 0.124 e. The molecule has 1 rings (SSSR count). The predicted octanol–water partition coefficient (Wildman–Crippen LogP) is 3.76. The van der Waals surface area contributed by atoms with E-state index in [1.54, 1.807) is 6.07 Å². The van der Waals surface area contributed by atoms with Crippen LogP contribution in [-0.2, 0) is 6.42 Å². The van der Waals surface area contributed by atoms with Gasteiger partial charge >= 0.3 is 0 Å². The molecule has 0 saturated heterocycles. The fraction of sp³-hybridized carbons (Fsp3) is 0.538. The molecule has 0 aromatic heterocycles. The minimum atomic E-state index is -0.177. The minimum absolute atomic E-state index is 0.177. The standard InChI is InChI=1S/C13H19BrFN/c1-4-9(2)13(16-3)7-10-5-11(14)8-12(15)6-10/h5-6,8-9,13,16H,4,7H2,1-3H3. The summed E-state index contributed by atoms with van der Waals surface area (Å²) < 4.78 is 14.0. The molecular weight excluding hydrogens is 269 g/mol. The Labute approximate surface area is 106 Å². The molecule has 16 heavy (non-hydrogen) atoms. The van der Waals surface area contributed by atoms with Gasteiger partial charge in [0.15, 0.2) is 0 Å². The Balaban J connectivity index is 2.77. The molecule has 1 nitrogen and oxygen atoms in total. The van der Waals surface area contributed by atoms with Crippen LogP contribution in [0.5, 0.6) is 0 Å². The molecule has 1 aromatic rings. The van der Waals surface area contributed by atoms with Gasteiger partial charge in [0.2, 0.25) is 0 Å². The van der Waals surface area contributed by atoms with E-state index in [-0.39, 0.29) is 5.82 Å². The summed E-state index contributed by atoms with van der Waals surface area (Å²) in [5, 5.41) is 3.30. The van der Waals surface area contributed by atoms with Gasteiger partial charge < -0.3 is 5.32 Å². The van der Waals surface area contributed by atoms with E-state index in [4.69, 9.17) is 0 Å². The summed E-state index contributed by atoms with van der Waals surface area (Å²) >= 11 is 3.32. The molecule has 0 heterocycles. The van der Waals surface area contributed by atoms with Crippen molar-refractivity contribution in [2.75, 3.05) is 7.05 Å². The van der Waals surface area contributed by atoms with E-state index in [2.05, 4.69) is 35.1 Å². The third-order valence-electron chi connectivity index (χ3n) is 3.08. The number of hydrogen-bond donors (Lipinski definition) is 1. The molecule has 0 radical (unpaired) electrons. The maximum atomic E-state index is 13.2. The van der Waals surface area contributed by atoms with E-state index in [0.29, 0.717) is 12.0 Å². The Hall–Kier alpha value is -0.410. The Morgan fingerprint density at radius 3 is 2.56 bits per heavy atom. The van der Waals surface area contributed by atoms with Crippen LogP contribution in [0.3, 0.4) is 0 Å². The van der Waals surface area contributed by atoms with Gasteiger partial charge in [-0.15, -0.1) is 0 Å². The molecule has 0 fully saturated rings. The Kier molecular flexibility index (Phi) is 5.42. The lowest BCUT2D eigenvalue weighted by Gasteiger charge is -2.22. The van der Waals surface area contributed by atoms with E-state index in [1.165, 1.54) is 6.07 Å². The van der Waals surface area contributed by atoms with Crippen molar-refractivity contribution in [1.29, 1.82) is 0 Å². The zero-order valence-corrected chi connectivity index (χ0v) is 11.6. The van der Waals surface area contributed by atoms with Crippen molar-refractivity contribution < 1.29 is 4.39 Å². The van der Waals surface area contributed by atoms with Gasteiger partial charge in [0, 0.05) is 10.5 Å². The molecule has 0 amide bonds. The summed E-state index contributed by atoms with van der Waals surface area (Å²) in [5.41, 5.74) is 1.03. The van der Waals surface area contributed by atoms with Crippen LogP contribution in [0, 0.1) is 11.7 Å². The second-order valence-corrected chi connectivity index (χ2v) is 5.18. The summed E-state index contributed by atoms with van der Waals surface area (Å²) in [4.78, 5) is 0. The van der Waals surface area contributed by atoms with Crippen molar-refractivity contribution in [2.45, 2.75) is 32.7 Å². The summed E-state index contributed by atoms with van der Waals surface area (Å²) in [6, 6.07) is 5.48. The number of benzene rings is 1. The van der Waals surface area contributed by atoms with Crippen LogP contribution in [0.1, 0.15) is 25.8 Å². The molecular formula is C13H19BrFN. The fourth-order valence-electron chi connectivity index (χ4n) is 1.86. The van der Waals surface area contributed by atoms with Crippen LogP contribution in [-0.4, -0.2) is 13.1 Å². The summed E-state index contributed by atoms with van der Waals surface area (Å²) in [6.07, 6.45) is 1.99. The minimum Gasteiger partial charge on any atom is -0.316 e. The van der Waals surface area contributed by atoms with E-state index < -0.39 is 0 Å². The zero-order valence-electron chi connectivity index (χ0n) is 10.1. The maximum Gasteiger partial charge on any atom is 0.124 e. The van der Waals surface area contributed by atoms with Crippen molar-refractivity contribution >= 4 is 15.9 Å². The average Bonchev–Trinajstić information content (AvgIpc) is 2.23. The highest BCUT2D eigenvalue weighted by molar-refractivity contribution is 9.10. The van der Waals surface area contributed by atoms with Crippen molar-refractivity contribution in [1.82, 2.24) is 5.32 Å². The summed E-state index contributed by atoms with van der Waals surface area (Å²) in [5.74, 6) is 0.412. The topological polar surface area (TPSA) is 12.0 Å². The average molecular weight is 288 g/mol. The third-order valence-corrected chi connectivity index (χ3v) is 3.54. The number of halogens is 2. The highest BCUT2D eigenvalue weighted by Gasteiger charge is 2.14. The van der Waals surface area contributed by atoms with Gasteiger partial charge in [-0.05, 0) is 43.1 Å². The van der Waals surface area contributed by atoms with Crippen LogP contribution in [0.2, 0.25) is 0 Å². The SMILES string of the molecule is CCC(C)C(Cc1cc(F)cc(Br)c1)NC. The number of likely N-dealkylation sites (N-methyl/N-ethyl adjacent to an activating group) is 1. The summed E-state index contributed by atoms with van der Waals surface area (Å²) in [6.45, 7) is 4.39. The number of nitrogens with one attached hydrogen (secondary N) is 1. The quantitative estimate of drug-likeness (QED) is 0.869. The molecule has 3 heteroatoms. The van der Waals surface area contributed by atoms with Crippen molar-refractivity contribution in [3.63, 3.8) is 0 Å². The molecule has 2 atom stereocenters. The predicted molar refractivity (Wildman–Crippen MR) is 70.1 cm³/mol. The first-order valence-electron chi connectivity index (χ1n) is 5.69. The van der Waals surface area contributed by atoms with Crippen LogP contribution in [0.15, 0.2) is 22.7 Å². The van der Waals surface area contributed by atoms with Gasteiger partial charge in [0.05, 0.1) is 0 Å². The zero-order chi connectivity index (χ0) is 12.1. The van der Waals surface area contributed by atoms with E-state index in [9.17, 15) is 4.39 Å². The van der Waals surface area contributed by atoms with E-state index in [1.807, 2.05) is 13.1 Å². The normalized spacial score (nSPS) is 14.8. The van der Waals surface area contributed by atoms with E-state index >= 15 is 0 Å². The molecule has 0 spiro atoms. The second-order valence-electron chi connectivity index (χ2n) is 4.26. The molecule has 0 bridgehead atoms. The van der Waals surface area contributed by atoms with Crippen LogP contribution in [0.4, 0.5) is 4.39 Å². The summed E-state index contributed by atoms with van der Waals surface area (Å²) in [7, 11) is 1.96. The number of hydrogen-bond acceptors (Lipinski definition) is 1. The van der Waals surface area contributed by atoms with E-state index in [0.717, 1.165) is 22.9 Å². The first-order valence-corrected chi connectivity index (χ1v) is 6.48. The largest absolute Gasteiger partial charge is 0.316 e. The van der Waals surface area contributed by atoms with Gasteiger partial charge in [-0.3, -0.25) is 0 Å². The Morgan fingerprint density at radius 1 is 1.38 bits per heavy atom. The molecule has 0 aliphatic rings. The molecule has 0 saturated carbocycles. The van der Waals surface area contributed by atoms with Gasteiger partial charge in [0.25, 0.3) is 0 Å². The second kappa shape index (κ2) is 6.36. The Morgan fingerprint density at radius 2 is 2.06 bits per heavy atom. The van der Waals surface area contributed by atoms with Crippen molar-refractivity contribution in [3.8, 4) is 0 Å². The van der Waals surface area contributed by atoms with Gasteiger partial charge in [-0.2, -0.15) is 0 Å². The van der Waals surface area contributed by atoms with Crippen LogP contribution in [0.25, 0.3) is 0 Å². The molecule has 1 N–H and O–H groups in total. The van der Waals surface area contributed by atoms with Crippen LogP contribution >= 0.6 is 15.9 Å². The molecule has 1 aromatic carbocycles. The van der Waals surface area contributed by atoms with Gasteiger partial charge in [0.1, 0.15) is 5.82 Å². The Bertz CT molecular complexity index is 320. The highest BCUT2D eigenvalue weighted by Crippen LogP contribution is 2.18. The molecule has 2 unspecified atom stereocenters. The lowest BCUT2D eigenvalue weighted by atomic mass is 9.93. The third kappa shape index (κ3) is 3.87. The molecule has 0 aliphatic heterocycles. The fourth-order valence-corrected chi connectivity index (χ4v) is 2.37. The first kappa shape index (κ1) is 13.7. The first-order chi connectivity index (χ1) is 7.56. The van der Waals surface area contributed by atoms with Crippen molar-refractivity contribution in [2.24, 2.45) is 5.92 Å². The van der Waals surface area contributed by atoms with Gasteiger partial charge in [-0.25, -0.2) is 4.39 Å². The molecule has 90 valence electrons. The maximum absolute atomic E-state index is 13.2. The lowest BCUT2D eigenvalue weighted by molar-refractivity contribution is 0.386. The highest BCUT2D eigenvalue weighted by atomic mass is 79.9. The molecule has 0 aliphatic carbocycles. The number of rotatable bonds is 5.